The van der Waals surface area contributed by atoms with Crippen molar-refractivity contribution in [3.8, 4) is 5.88 Å². The van der Waals surface area contributed by atoms with Crippen molar-refractivity contribution in [1.82, 2.24) is 4.98 Å². The van der Waals surface area contributed by atoms with Gasteiger partial charge < -0.3 is 15.6 Å². The maximum Gasteiger partial charge on any atom is 0.416 e. The quantitative estimate of drug-likeness (QED) is 0.865. The van der Waals surface area contributed by atoms with E-state index in [1.54, 1.807) is 18.3 Å². The third-order valence-electron chi connectivity index (χ3n) is 3.64. The molecule has 0 radical (unpaired) electrons. The molecular formula is C17H17F3N2O3. The van der Waals surface area contributed by atoms with Crippen molar-refractivity contribution >= 4 is 5.97 Å². The van der Waals surface area contributed by atoms with Crippen LogP contribution in [0.25, 0.3) is 0 Å². The summed E-state index contributed by atoms with van der Waals surface area (Å²) in [7, 11) is 0. The first-order valence-electron chi connectivity index (χ1n) is 7.49. The van der Waals surface area contributed by atoms with Gasteiger partial charge in [0.2, 0.25) is 5.88 Å². The van der Waals surface area contributed by atoms with Crippen LogP contribution in [0.4, 0.5) is 13.2 Å². The summed E-state index contributed by atoms with van der Waals surface area (Å²) in [5.74, 6) is -0.809. The number of carboxylic acid groups (broad SMARTS) is 1. The lowest BCUT2D eigenvalue weighted by molar-refractivity contribution is -0.139. The van der Waals surface area contributed by atoms with Gasteiger partial charge in [-0.1, -0.05) is 18.2 Å². The van der Waals surface area contributed by atoms with Crippen LogP contribution >= 0.6 is 0 Å². The average Bonchev–Trinajstić information content (AvgIpc) is 2.61. The Labute approximate surface area is 142 Å². The smallest absolute Gasteiger partial charge is 0.416 e. The molecule has 134 valence electrons. The number of carbonyl (C=O) groups is 1. The minimum Gasteiger partial charge on any atom is -0.481 e. The first-order valence-corrected chi connectivity index (χ1v) is 7.49. The topological polar surface area (TPSA) is 85.4 Å². The molecule has 8 heteroatoms. The highest BCUT2D eigenvalue weighted by Gasteiger charge is 2.30. The zero-order valence-corrected chi connectivity index (χ0v) is 13.2. The summed E-state index contributed by atoms with van der Waals surface area (Å²) >= 11 is 0. The van der Waals surface area contributed by atoms with Crippen LogP contribution in [-0.4, -0.2) is 22.7 Å². The Balaban J connectivity index is 0.000000181. The molecule has 0 aliphatic carbocycles. The Morgan fingerprint density at radius 2 is 1.96 bits per heavy atom. The van der Waals surface area contributed by atoms with Crippen LogP contribution in [0.15, 0.2) is 42.6 Å². The van der Waals surface area contributed by atoms with E-state index in [4.69, 9.17) is 15.6 Å². The molecule has 0 bridgehead atoms. The lowest BCUT2D eigenvalue weighted by atomic mass is 9.96. The van der Waals surface area contributed by atoms with Crippen LogP contribution in [0.3, 0.4) is 0 Å². The van der Waals surface area contributed by atoms with Crippen LogP contribution < -0.4 is 10.5 Å². The van der Waals surface area contributed by atoms with E-state index in [9.17, 15) is 18.0 Å². The van der Waals surface area contributed by atoms with Gasteiger partial charge >= 0.3 is 12.1 Å². The summed E-state index contributed by atoms with van der Waals surface area (Å²) in [5.41, 5.74) is 5.97. The number of ether oxygens (including phenoxy) is 1. The zero-order valence-electron chi connectivity index (χ0n) is 13.2. The van der Waals surface area contributed by atoms with Gasteiger partial charge in [0.25, 0.3) is 0 Å². The number of nitrogens with zero attached hydrogens (tertiary/aromatic N) is 1. The van der Waals surface area contributed by atoms with E-state index >= 15 is 0 Å². The Hall–Kier alpha value is -2.61. The molecule has 1 aliphatic heterocycles. The number of aliphatic carboxylic acids is 1. The van der Waals surface area contributed by atoms with Crippen molar-refractivity contribution in [3.05, 3.63) is 59.3 Å². The Morgan fingerprint density at radius 3 is 2.52 bits per heavy atom. The van der Waals surface area contributed by atoms with Gasteiger partial charge in [-0.05, 0) is 30.2 Å². The number of alkyl halides is 3. The largest absolute Gasteiger partial charge is 0.481 e. The van der Waals surface area contributed by atoms with E-state index < -0.39 is 23.6 Å². The van der Waals surface area contributed by atoms with Crippen LogP contribution in [-0.2, 0) is 17.5 Å². The summed E-state index contributed by atoms with van der Waals surface area (Å²) in [6.07, 6.45) is -2.13. The second kappa shape index (κ2) is 7.98. The molecule has 1 aliphatic rings. The fraction of sp³-hybridized carbons (Fsp3) is 0.294. The minimum atomic E-state index is -4.26. The molecule has 3 rings (SSSR count). The van der Waals surface area contributed by atoms with Crippen molar-refractivity contribution in [3.63, 3.8) is 0 Å². The summed E-state index contributed by atoms with van der Waals surface area (Å²) in [5, 5.41) is 8.90. The summed E-state index contributed by atoms with van der Waals surface area (Å²) in [6, 6.07) is 8.29. The van der Waals surface area contributed by atoms with Gasteiger partial charge in [0.1, 0.15) is 0 Å². The molecule has 3 N–H and O–H groups in total. The number of nitrogens with two attached hydrogens (primary N) is 1. The van der Waals surface area contributed by atoms with Gasteiger partial charge in [0.05, 0.1) is 18.1 Å². The van der Waals surface area contributed by atoms with E-state index in [1.807, 2.05) is 0 Å². The summed E-state index contributed by atoms with van der Waals surface area (Å²) < 4.78 is 41.2. The monoisotopic (exact) mass is 354 g/mol. The molecule has 1 aromatic heterocycles. The molecule has 25 heavy (non-hydrogen) atoms. The number of hydrogen-bond donors (Lipinski definition) is 2. The van der Waals surface area contributed by atoms with Gasteiger partial charge in [-0.2, -0.15) is 13.2 Å². The molecule has 1 aromatic carbocycles. The lowest BCUT2D eigenvalue weighted by Crippen LogP contribution is -2.21. The Kier molecular flexibility index (Phi) is 5.97. The first-order chi connectivity index (χ1) is 11.8. The highest BCUT2D eigenvalue weighted by atomic mass is 19.4. The Bertz CT molecular complexity index is 718. The number of carboxylic acids is 1. The van der Waals surface area contributed by atoms with Crippen LogP contribution in [0.2, 0.25) is 0 Å². The predicted molar refractivity (Wildman–Crippen MR) is 84.1 cm³/mol. The molecular weight excluding hydrogens is 337 g/mol. The van der Waals surface area contributed by atoms with E-state index in [0.29, 0.717) is 30.0 Å². The van der Waals surface area contributed by atoms with E-state index in [0.717, 1.165) is 12.1 Å². The van der Waals surface area contributed by atoms with Crippen LogP contribution in [0.5, 0.6) is 5.88 Å². The SMILES string of the molecule is NCc1ccc(C(F)(F)F)cc1.O=C(O)C1CCOc2ncccc21. The van der Waals surface area contributed by atoms with E-state index in [-0.39, 0.29) is 6.54 Å². The normalized spacial score (nSPS) is 16.1. The number of rotatable bonds is 2. The molecule has 0 spiro atoms. The summed E-state index contributed by atoms with van der Waals surface area (Å²) in [6.45, 7) is 0.694. The number of aromatic nitrogens is 1. The fourth-order valence-electron chi connectivity index (χ4n) is 2.30. The highest BCUT2D eigenvalue weighted by molar-refractivity contribution is 5.77. The third kappa shape index (κ3) is 4.93. The maximum atomic E-state index is 12.0. The number of hydrogen-bond acceptors (Lipinski definition) is 4. The summed E-state index contributed by atoms with van der Waals surface area (Å²) in [4.78, 5) is 14.8. The third-order valence-corrected chi connectivity index (χ3v) is 3.64. The minimum absolute atomic E-state index is 0.262. The number of fused-ring (bicyclic) bond motifs is 1. The number of halogens is 3. The van der Waals surface area contributed by atoms with Gasteiger partial charge in [-0.15, -0.1) is 0 Å². The van der Waals surface area contributed by atoms with Crippen molar-refractivity contribution in [1.29, 1.82) is 0 Å². The molecule has 0 saturated carbocycles. The van der Waals surface area contributed by atoms with Crippen molar-refractivity contribution in [2.75, 3.05) is 6.61 Å². The second-order valence-electron chi connectivity index (χ2n) is 5.32. The standard InChI is InChI=1S/C9H9NO3.C8H8F3N/c11-9(12)7-3-5-13-8-6(7)2-1-4-10-8;9-8(10,11)7-3-1-6(5-12)2-4-7/h1-2,4,7H,3,5H2,(H,11,12);1-4H,5,12H2. The van der Waals surface area contributed by atoms with E-state index in [1.165, 1.54) is 12.1 Å². The van der Waals surface area contributed by atoms with Crippen molar-refractivity contribution in [2.24, 2.45) is 5.73 Å². The molecule has 1 atom stereocenters. The molecule has 5 nitrogen and oxygen atoms in total. The molecule has 2 heterocycles. The maximum absolute atomic E-state index is 12.0. The molecule has 0 fully saturated rings. The fourth-order valence-corrected chi connectivity index (χ4v) is 2.30. The van der Waals surface area contributed by atoms with E-state index in [2.05, 4.69) is 4.98 Å². The van der Waals surface area contributed by atoms with Crippen LogP contribution in [0, 0.1) is 0 Å². The molecule has 2 aromatic rings. The lowest BCUT2D eigenvalue weighted by Gasteiger charge is -2.21. The van der Waals surface area contributed by atoms with Crippen LogP contribution in [0.1, 0.15) is 29.0 Å². The van der Waals surface area contributed by atoms with Crippen molar-refractivity contribution < 1.29 is 27.8 Å². The molecule has 1 unspecified atom stereocenters. The van der Waals surface area contributed by atoms with Gasteiger partial charge in [0.15, 0.2) is 0 Å². The second-order valence-corrected chi connectivity index (χ2v) is 5.32. The molecule has 0 amide bonds. The number of benzene rings is 1. The average molecular weight is 354 g/mol. The van der Waals surface area contributed by atoms with Crippen molar-refractivity contribution in [2.45, 2.75) is 25.1 Å². The zero-order chi connectivity index (χ0) is 18.4. The van der Waals surface area contributed by atoms with Gasteiger partial charge in [-0.25, -0.2) is 4.98 Å². The molecule has 0 saturated heterocycles. The van der Waals surface area contributed by atoms with Gasteiger partial charge in [-0.3, -0.25) is 4.79 Å². The predicted octanol–water partition coefficient (Wildman–Crippen LogP) is 3.20. The first kappa shape index (κ1) is 18.7. The Morgan fingerprint density at radius 1 is 1.28 bits per heavy atom. The van der Waals surface area contributed by atoms with Gasteiger partial charge in [0, 0.05) is 18.3 Å². The number of pyridine rings is 1. The highest BCUT2D eigenvalue weighted by Crippen LogP contribution is 2.31.